The molecule has 5 heteroatoms. The summed E-state index contributed by atoms with van der Waals surface area (Å²) < 4.78 is 4.59. The number of aliphatic hydroxyl groups excluding tert-OH is 1. The maximum atomic E-state index is 11.1. The van der Waals surface area contributed by atoms with Gasteiger partial charge in [0.25, 0.3) is 0 Å². The molecule has 0 aromatic heterocycles. The molecule has 1 aliphatic carbocycles. The molecule has 3 atom stereocenters. The molecule has 1 aliphatic rings. The Bertz CT molecular complexity index is 225. The molecule has 1 rings (SSSR count). The largest absolute Gasteiger partial charge is 0.479 e. The average Bonchev–Trinajstić information content (AvgIpc) is 2.01. The van der Waals surface area contributed by atoms with Crippen molar-refractivity contribution in [1.82, 2.24) is 0 Å². The highest BCUT2D eigenvalue weighted by atomic mass is 16.6. The Hall–Kier alpha value is -1.10. The minimum absolute atomic E-state index is 0.526. The summed E-state index contributed by atoms with van der Waals surface area (Å²) in [6.07, 6.45) is -0.637. The van der Waals surface area contributed by atoms with Gasteiger partial charge >= 0.3 is 11.9 Å². The summed E-state index contributed by atoms with van der Waals surface area (Å²) in [5.41, 5.74) is 0. The summed E-state index contributed by atoms with van der Waals surface area (Å²) in [5, 5.41) is 17.5. The third-order valence-electron chi connectivity index (χ3n) is 2.18. The van der Waals surface area contributed by atoms with Crippen LogP contribution in [-0.2, 0) is 14.3 Å². The van der Waals surface area contributed by atoms with Gasteiger partial charge in [0, 0.05) is 0 Å². The number of esters is 1. The van der Waals surface area contributed by atoms with Crippen LogP contribution in [0.3, 0.4) is 0 Å². The third-order valence-corrected chi connectivity index (χ3v) is 2.18. The van der Waals surface area contributed by atoms with Crippen LogP contribution in [0.4, 0.5) is 0 Å². The van der Waals surface area contributed by atoms with Gasteiger partial charge < -0.3 is 14.9 Å². The quantitative estimate of drug-likeness (QED) is 0.598. The van der Waals surface area contributed by atoms with Crippen molar-refractivity contribution >= 4 is 11.9 Å². The van der Waals surface area contributed by atoms with Crippen molar-refractivity contribution in [3.8, 4) is 0 Å². The zero-order chi connectivity index (χ0) is 10.0. The molecule has 0 saturated heterocycles. The first-order valence-electron chi connectivity index (χ1n) is 4.13. The molecule has 0 radical (unpaired) electrons. The second-order valence-corrected chi connectivity index (χ2v) is 3.17. The third kappa shape index (κ3) is 2.18. The van der Waals surface area contributed by atoms with Gasteiger partial charge in [-0.2, -0.15) is 0 Å². The first-order chi connectivity index (χ1) is 6.02. The van der Waals surface area contributed by atoms with Crippen LogP contribution in [0.5, 0.6) is 0 Å². The van der Waals surface area contributed by atoms with Gasteiger partial charge in [-0.1, -0.05) is 0 Å². The second-order valence-electron chi connectivity index (χ2n) is 3.17. The number of hydrogen-bond acceptors (Lipinski definition) is 4. The molecule has 0 bridgehead atoms. The van der Waals surface area contributed by atoms with Gasteiger partial charge in [0.1, 0.15) is 0 Å². The van der Waals surface area contributed by atoms with Crippen molar-refractivity contribution in [3.05, 3.63) is 0 Å². The summed E-state index contributed by atoms with van der Waals surface area (Å²) in [5.74, 6) is -2.32. The predicted octanol–water partition coefficient (Wildman–Crippen LogP) is -0.226. The summed E-state index contributed by atoms with van der Waals surface area (Å²) in [6.45, 7) is 1.28. The number of carbonyl (C=O) groups excluding carboxylic acids is 1. The van der Waals surface area contributed by atoms with E-state index >= 15 is 0 Å². The van der Waals surface area contributed by atoms with E-state index in [0.29, 0.717) is 12.8 Å². The standard InChI is InChI=1S/C8H12O5/c1-4(7(10)11)13-8(12)5-2-3-6(5)9/h4-6,9H,2-3H2,1H3,(H,10,11). The summed E-state index contributed by atoms with van der Waals surface area (Å²) >= 11 is 0. The smallest absolute Gasteiger partial charge is 0.344 e. The van der Waals surface area contributed by atoms with Gasteiger partial charge in [0.15, 0.2) is 6.10 Å². The van der Waals surface area contributed by atoms with E-state index in [1.165, 1.54) is 6.92 Å². The van der Waals surface area contributed by atoms with E-state index in [1.54, 1.807) is 0 Å². The zero-order valence-corrected chi connectivity index (χ0v) is 7.27. The van der Waals surface area contributed by atoms with E-state index in [-0.39, 0.29) is 0 Å². The molecule has 5 nitrogen and oxygen atoms in total. The van der Waals surface area contributed by atoms with Crippen molar-refractivity contribution in [1.29, 1.82) is 0 Å². The number of ether oxygens (including phenoxy) is 1. The van der Waals surface area contributed by atoms with Crippen LogP contribution in [-0.4, -0.2) is 34.4 Å². The Morgan fingerprint density at radius 3 is 2.38 bits per heavy atom. The lowest BCUT2D eigenvalue weighted by Crippen LogP contribution is -2.40. The van der Waals surface area contributed by atoms with E-state index < -0.39 is 30.1 Å². The van der Waals surface area contributed by atoms with Crippen LogP contribution in [0.2, 0.25) is 0 Å². The van der Waals surface area contributed by atoms with Gasteiger partial charge in [-0.25, -0.2) is 4.79 Å². The van der Waals surface area contributed by atoms with Crippen molar-refractivity contribution in [2.24, 2.45) is 5.92 Å². The SMILES string of the molecule is CC(OC(=O)C1CCC1O)C(=O)O. The van der Waals surface area contributed by atoms with Crippen molar-refractivity contribution in [2.75, 3.05) is 0 Å². The van der Waals surface area contributed by atoms with Gasteiger partial charge in [0.05, 0.1) is 12.0 Å². The Morgan fingerprint density at radius 2 is 2.08 bits per heavy atom. The van der Waals surface area contributed by atoms with Crippen LogP contribution < -0.4 is 0 Å². The Labute approximate surface area is 75.3 Å². The van der Waals surface area contributed by atoms with Crippen LogP contribution in [0.15, 0.2) is 0 Å². The van der Waals surface area contributed by atoms with E-state index in [0.717, 1.165) is 0 Å². The fraction of sp³-hybridized carbons (Fsp3) is 0.750. The summed E-state index contributed by atoms with van der Waals surface area (Å²) in [7, 11) is 0. The molecule has 0 spiro atoms. The number of carboxylic acids is 1. The van der Waals surface area contributed by atoms with Crippen LogP contribution >= 0.6 is 0 Å². The molecule has 0 aromatic carbocycles. The number of carboxylic acid groups (broad SMARTS) is 1. The van der Waals surface area contributed by atoms with Gasteiger partial charge in [-0.3, -0.25) is 4.79 Å². The number of rotatable bonds is 3. The maximum Gasteiger partial charge on any atom is 0.344 e. The molecule has 0 aromatic rings. The molecule has 1 saturated carbocycles. The summed E-state index contributed by atoms with van der Waals surface area (Å²) in [6, 6.07) is 0. The van der Waals surface area contributed by atoms with Gasteiger partial charge in [0.2, 0.25) is 0 Å². The number of carbonyl (C=O) groups is 2. The Morgan fingerprint density at radius 1 is 1.46 bits per heavy atom. The highest BCUT2D eigenvalue weighted by molar-refractivity contribution is 5.79. The minimum atomic E-state index is -1.18. The topological polar surface area (TPSA) is 83.8 Å². The van der Waals surface area contributed by atoms with Crippen molar-refractivity contribution in [3.63, 3.8) is 0 Å². The maximum absolute atomic E-state index is 11.1. The van der Waals surface area contributed by atoms with E-state index in [1.807, 2.05) is 0 Å². The van der Waals surface area contributed by atoms with Crippen LogP contribution in [0.1, 0.15) is 19.8 Å². The average molecular weight is 188 g/mol. The highest BCUT2D eigenvalue weighted by Gasteiger charge is 2.37. The first kappa shape index (κ1) is 9.98. The van der Waals surface area contributed by atoms with Crippen LogP contribution in [0, 0.1) is 5.92 Å². The predicted molar refractivity (Wildman–Crippen MR) is 41.9 cm³/mol. The first-order valence-corrected chi connectivity index (χ1v) is 4.13. The van der Waals surface area contributed by atoms with Crippen LogP contribution in [0.25, 0.3) is 0 Å². The molecule has 2 N–H and O–H groups in total. The lowest BCUT2D eigenvalue weighted by atomic mass is 9.82. The monoisotopic (exact) mass is 188 g/mol. The molecule has 3 unspecified atom stereocenters. The van der Waals surface area contributed by atoms with Crippen molar-refractivity contribution < 1.29 is 24.5 Å². The lowest BCUT2D eigenvalue weighted by molar-refractivity contribution is -0.172. The number of aliphatic hydroxyl groups is 1. The molecule has 1 fully saturated rings. The van der Waals surface area contributed by atoms with Gasteiger partial charge in [-0.15, -0.1) is 0 Å². The molecular formula is C8H12O5. The normalized spacial score (nSPS) is 28.8. The molecule has 0 aliphatic heterocycles. The van der Waals surface area contributed by atoms with Crippen molar-refractivity contribution in [2.45, 2.75) is 32.0 Å². The molecule has 0 heterocycles. The van der Waals surface area contributed by atoms with E-state index in [4.69, 9.17) is 10.2 Å². The molecular weight excluding hydrogens is 176 g/mol. The fourth-order valence-electron chi connectivity index (χ4n) is 1.07. The Kier molecular flexibility index (Phi) is 2.87. The molecule has 74 valence electrons. The Balaban J connectivity index is 2.37. The number of aliphatic carboxylic acids is 1. The summed E-state index contributed by atoms with van der Waals surface area (Å²) in [4.78, 5) is 21.4. The molecule has 0 amide bonds. The van der Waals surface area contributed by atoms with E-state index in [9.17, 15) is 9.59 Å². The van der Waals surface area contributed by atoms with E-state index in [2.05, 4.69) is 4.74 Å². The lowest BCUT2D eigenvalue weighted by Gasteiger charge is -2.30. The highest BCUT2D eigenvalue weighted by Crippen LogP contribution is 2.28. The fourth-order valence-corrected chi connectivity index (χ4v) is 1.07. The molecule has 13 heavy (non-hydrogen) atoms. The second kappa shape index (κ2) is 3.74. The number of hydrogen-bond donors (Lipinski definition) is 2. The van der Waals surface area contributed by atoms with Gasteiger partial charge in [-0.05, 0) is 19.8 Å². The zero-order valence-electron chi connectivity index (χ0n) is 7.27. The minimum Gasteiger partial charge on any atom is -0.479 e.